The first-order chi connectivity index (χ1) is 10.4. The number of aliphatic hydroxyl groups is 2. The molecule has 3 aliphatic carbocycles. The van der Waals surface area contributed by atoms with Crippen molar-refractivity contribution in [2.45, 2.75) is 51.2 Å². The molecule has 4 aliphatic rings. The third kappa shape index (κ3) is 1.78. The zero-order valence-corrected chi connectivity index (χ0v) is 13.2. The van der Waals surface area contributed by atoms with E-state index in [4.69, 9.17) is 4.74 Å². The molecular formula is C18H25FO3. The zero-order valence-electron chi connectivity index (χ0n) is 13.2. The highest BCUT2D eigenvalue weighted by Gasteiger charge is 2.62. The van der Waals surface area contributed by atoms with Crippen LogP contribution >= 0.6 is 0 Å². The summed E-state index contributed by atoms with van der Waals surface area (Å²) in [5.74, 6) is 0.506. The summed E-state index contributed by atoms with van der Waals surface area (Å²) in [5.41, 5.74) is -0.647. The Balaban J connectivity index is 1.71. The first kappa shape index (κ1) is 14.9. The van der Waals surface area contributed by atoms with Crippen molar-refractivity contribution >= 4 is 0 Å². The van der Waals surface area contributed by atoms with Crippen molar-refractivity contribution in [2.24, 2.45) is 28.6 Å². The lowest BCUT2D eigenvalue weighted by Gasteiger charge is -2.55. The molecule has 4 heteroatoms. The molecule has 4 unspecified atom stereocenters. The van der Waals surface area contributed by atoms with Gasteiger partial charge >= 0.3 is 0 Å². The highest BCUT2D eigenvalue weighted by Crippen LogP contribution is 2.59. The summed E-state index contributed by atoms with van der Waals surface area (Å²) in [6.07, 6.45) is 6.96. The molecule has 1 saturated heterocycles. The molecule has 1 heterocycles. The molecule has 0 aromatic rings. The molecule has 2 fully saturated rings. The van der Waals surface area contributed by atoms with E-state index in [0.717, 1.165) is 0 Å². The van der Waals surface area contributed by atoms with E-state index < -0.39 is 23.8 Å². The molecule has 3 nitrogen and oxygen atoms in total. The van der Waals surface area contributed by atoms with Crippen LogP contribution in [0.3, 0.4) is 0 Å². The van der Waals surface area contributed by atoms with E-state index in [1.54, 1.807) is 0 Å². The van der Waals surface area contributed by atoms with Crippen LogP contribution in [0.25, 0.3) is 0 Å². The lowest BCUT2D eigenvalue weighted by atomic mass is 9.56. The van der Waals surface area contributed by atoms with Gasteiger partial charge in [0.25, 0.3) is 0 Å². The van der Waals surface area contributed by atoms with Gasteiger partial charge in [-0.3, -0.25) is 0 Å². The van der Waals surface area contributed by atoms with Gasteiger partial charge in [0.05, 0.1) is 24.9 Å². The Morgan fingerprint density at radius 3 is 2.68 bits per heavy atom. The Labute approximate surface area is 130 Å². The average molecular weight is 308 g/mol. The van der Waals surface area contributed by atoms with Gasteiger partial charge in [0.1, 0.15) is 6.17 Å². The van der Waals surface area contributed by atoms with Gasteiger partial charge < -0.3 is 14.9 Å². The van der Waals surface area contributed by atoms with E-state index >= 15 is 0 Å². The second-order valence-electron chi connectivity index (χ2n) is 8.14. The first-order valence-electron chi connectivity index (χ1n) is 8.36. The summed E-state index contributed by atoms with van der Waals surface area (Å²) >= 11 is 0. The summed E-state index contributed by atoms with van der Waals surface area (Å²) in [6, 6.07) is 0. The number of rotatable bonds is 0. The fourth-order valence-corrected chi connectivity index (χ4v) is 5.37. The normalized spacial score (nSPS) is 59.8. The Bertz CT molecular complexity index is 532. The maximum atomic E-state index is 14.1. The quantitative estimate of drug-likeness (QED) is 0.675. The second kappa shape index (κ2) is 4.65. The fourth-order valence-electron chi connectivity index (χ4n) is 5.37. The number of ether oxygens (including phenoxy) is 1. The molecule has 9 atom stereocenters. The molecule has 122 valence electrons. The molecule has 0 bridgehead atoms. The first-order valence-corrected chi connectivity index (χ1v) is 8.36. The Kier molecular flexibility index (Phi) is 3.14. The van der Waals surface area contributed by atoms with E-state index in [9.17, 15) is 14.6 Å². The lowest BCUT2D eigenvalue weighted by molar-refractivity contribution is -0.180. The summed E-state index contributed by atoms with van der Waals surface area (Å²) < 4.78 is 20.3. The smallest absolute Gasteiger partial charge is 0.127 e. The zero-order chi connectivity index (χ0) is 15.7. The molecule has 22 heavy (non-hydrogen) atoms. The van der Waals surface area contributed by atoms with Crippen molar-refractivity contribution in [2.75, 3.05) is 6.61 Å². The van der Waals surface area contributed by atoms with Gasteiger partial charge in [-0.05, 0) is 24.7 Å². The number of hydrogen-bond donors (Lipinski definition) is 2. The molecule has 4 rings (SSSR count). The van der Waals surface area contributed by atoms with Crippen molar-refractivity contribution in [1.29, 1.82) is 0 Å². The topological polar surface area (TPSA) is 49.7 Å². The van der Waals surface area contributed by atoms with Gasteiger partial charge in [0, 0.05) is 16.7 Å². The third-order valence-corrected chi connectivity index (χ3v) is 6.88. The number of halogens is 1. The molecule has 0 amide bonds. The number of hydrogen-bond acceptors (Lipinski definition) is 3. The predicted octanol–water partition coefficient (Wildman–Crippen LogP) is 2.24. The average Bonchev–Trinajstić information content (AvgIpc) is 2.72. The molecule has 0 aromatic carbocycles. The summed E-state index contributed by atoms with van der Waals surface area (Å²) in [6.45, 7) is 4.55. The maximum absolute atomic E-state index is 14.1. The van der Waals surface area contributed by atoms with Gasteiger partial charge in [0.15, 0.2) is 0 Å². The predicted molar refractivity (Wildman–Crippen MR) is 80.8 cm³/mol. The number of fused-ring (bicyclic) bond motifs is 5. The lowest BCUT2D eigenvalue weighted by Crippen LogP contribution is -2.57. The van der Waals surface area contributed by atoms with Gasteiger partial charge in [-0.2, -0.15) is 0 Å². The summed E-state index contributed by atoms with van der Waals surface area (Å²) in [5, 5.41) is 20.1. The minimum Gasteiger partial charge on any atom is -0.389 e. The molecule has 0 aromatic heterocycles. The van der Waals surface area contributed by atoms with Gasteiger partial charge in [-0.25, -0.2) is 4.39 Å². The van der Waals surface area contributed by atoms with Crippen LogP contribution in [-0.2, 0) is 4.74 Å². The minimum atomic E-state index is -1.15. The van der Waals surface area contributed by atoms with E-state index in [-0.39, 0.29) is 29.3 Å². The van der Waals surface area contributed by atoms with E-state index in [0.29, 0.717) is 19.4 Å². The highest BCUT2D eigenvalue weighted by molar-refractivity contribution is 5.25. The van der Waals surface area contributed by atoms with Crippen molar-refractivity contribution < 1.29 is 19.3 Å². The minimum absolute atomic E-state index is 0.00169. The molecule has 1 aliphatic heterocycles. The van der Waals surface area contributed by atoms with Crippen molar-refractivity contribution in [1.82, 2.24) is 0 Å². The summed E-state index contributed by atoms with van der Waals surface area (Å²) in [4.78, 5) is 0. The number of allylic oxidation sites excluding steroid dienone is 1. The van der Waals surface area contributed by atoms with Gasteiger partial charge in [-0.1, -0.05) is 38.2 Å². The van der Waals surface area contributed by atoms with Crippen LogP contribution in [0, 0.1) is 28.6 Å². The highest BCUT2D eigenvalue weighted by atomic mass is 19.1. The van der Waals surface area contributed by atoms with Gasteiger partial charge in [0.2, 0.25) is 0 Å². The Hall–Kier alpha value is -0.710. The van der Waals surface area contributed by atoms with Crippen molar-refractivity contribution in [3.63, 3.8) is 0 Å². The van der Waals surface area contributed by atoms with Crippen LogP contribution in [0.2, 0.25) is 0 Å². The van der Waals surface area contributed by atoms with Crippen LogP contribution in [-0.4, -0.2) is 41.3 Å². The van der Waals surface area contributed by atoms with Crippen LogP contribution in [0.1, 0.15) is 26.7 Å². The van der Waals surface area contributed by atoms with Crippen molar-refractivity contribution in [3.05, 3.63) is 24.3 Å². The monoisotopic (exact) mass is 308 g/mol. The molecular weight excluding hydrogens is 283 g/mol. The van der Waals surface area contributed by atoms with Crippen LogP contribution < -0.4 is 0 Å². The summed E-state index contributed by atoms with van der Waals surface area (Å²) in [7, 11) is 0. The van der Waals surface area contributed by atoms with E-state index in [1.807, 2.05) is 13.0 Å². The van der Waals surface area contributed by atoms with Crippen LogP contribution in [0.15, 0.2) is 24.3 Å². The number of aliphatic hydroxyl groups excluding tert-OH is 2. The molecule has 0 spiro atoms. The SMILES string of the molecule is C[C@]12C=CC(O)CC1C=C[C@@H]1[C@H]2OC[C@]2(C)C(O)C(F)C[C@@H]12. The molecule has 2 N–H and O–H groups in total. The maximum Gasteiger partial charge on any atom is 0.127 e. The van der Waals surface area contributed by atoms with Crippen LogP contribution in [0.4, 0.5) is 4.39 Å². The largest absolute Gasteiger partial charge is 0.389 e. The second-order valence-corrected chi connectivity index (χ2v) is 8.14. The van der Waals surface area contributed by atoms with E-state index in [1.165, 1.54) is 0 Å². The van der Waals surface area contributed by atoms with Crippen LogP contribution in [0.5, 0.6) is 0 Å². The molecule has 1 saturated carbocycles. The Morgan fingerprint density at radius 1 is 1.14 bits per heavy atom. The van der Waals surface area contributed by atoms with E-state index in [2.05, 4.69) is 25.2 Å². The van der Waals surface area contributed by atoms with Crippen molar-refractivity contribution in [3.8, 4) is 0 Å². The Morgan fingerprint density at radius 2 is 1.91 bits per heavy atom. The standard InChI is InChI=1S/C18H25FO3/c1-17-6-5-11(20)7-10(17)3-4-12-13-8-14(19)15(21)18(13,2)9-22-16(12)17/h3-6,10-16,20-21H,7-9H2,1-2H3/t10?,11?,12-,13-,14?,15?,16+,17-,18-/m0/s1. The third-order valence-electron chi connectivity index (χ3n) is 6.88. The van der Waals surface area contributed by atoms with Gasteiger partial charge in [-0.15, -0.1) is 0 Å². The molecule has 0 radical (unpaired) electrons. The fraction of sp³-hybridized carbons (Fsp3) is 0.778. The number of alkyl halides is 1.